The van der Waals surface area contributed by atoms with Crippen LogP contribution in [0, 0.1) is 0 Å². The molecule has 0 radical (unpaired) electrons. The van der Waals surface area contributed by atoms with Crippen LogP contribution in [0.1, 0.15) is 25.3 Å². The minimum absolute atomic E-state index is 0.0604. The smallest absolute Gasteiger partial charge is 0.128 e. The Morgan fingerprint density at radius 1 is 1.36 bits per heavy atom. The van der Waals surface area contributed by atoms with Crippen molar-refractivity contribution in [2.24, 2.45) is 4.99 Å². The summed E-state index contributed by atoms with van der Waals surface area (Å²) >= 11 is 0. The first-order valence-corrected chi connectivity index (χ1v) is 4.76. The Kier molecular flexibility index (Phi) is 3.98. The number of unbranched alkanes of at least 4 members (excludes halogenated alkanes) is 1. The standard InChI is InChI=1S/C11H15NO2/c1-2-3-6-12-8-9-4-5-10(13)7-11(9)14/h4-5,7-8,13-14H,2-3,6H2,1H3. The van der Waals surface area contributed by atoms with E-state index in [-0.39, 0.29) is 11.5 Å². The van der Waals surface area contributed by atoms with Crippen LogP contribution in [-0.2, 0) is 0 Å². The summed E-state index contributed by atoms with van der Waals surface area (Å²) in [4.78, 5) is 4.16. The van der Waals surface area contributed by atoms with Gasteiger partial charge in [-0.05, 0) is 18.6 Å². The molecule has 0 aliphatic heterocycles. The molecule has 0 amide bonds. The molecule has 1 aromatic carbocycles. The summed E-state index contributed by atoms with van der Waals surface area (Å²) in [6, 6.07) is 4.47. The SMILES string of the molecule is CCCCN=Cc1ccc(O)cc1O. The van der Waals surface area contributed by atoms with Crippen LogP contribution in [0.5, 0.6) is 11.5 Å². The maximum Gasteiger partial charge on any atom is 0.128 e. The van der Waals surface area contributed by atoms with Gasteiger partial charge in [-0.25, -0.2) is 0 Å². The first kappa shape index (κ1) is 10.6. The fourth-order valence-corrected chi connectivity index (χ4v) is 1.05. The molecule has 0 spiro atoms. The number of rotatable bonds is 4. The van der Waals surface area contributed by atoms with E-state index < -0.39 is 0 Å². The second-order valence-electron chi connectivity index (χ2n) is 3.13. The molecule has 1 rings (SSSR count). The van der Waals surface area contributed by atoms with Gasteiger partial charge >= 0.3 is 0 Å². The second kappa shape index (κ2) is 5.27. The predicted octanol–water partition coefficient (Wildman–Crippen LogP) is 2.32. The summed E-state index contributed by atoms with van der Waals surface area (Å²) in [5.74, 6) is 0.124. The van der Waals surface area contributed by atoms with Crippen molar-refractivity contribution in [3.63, 3.8) is 0 Å². The number of aromatic hydroxyl groups is 2. The normalized spacial score (nSPS) is 10.9. The first-order chi connectivity index (χ1) is 6.74. The lowest BCUT2D eigenvalue weighted by Gasteiger charge is -1.98. The highest BCUT2D eigenvalue weighted by Gasteiger charge is 1.98. The third kappa shape index (κ3) is 3.09. The Morgan fingerprint density at radius 3 is 2.79 bits per heavy atom. The monoisotopic (exact) mass is 193 g/mol. The molecule has 0 bridgehead atoms. The van der Waals surface area contributed by atoms with Crippen LogP contribution in [0.2, 0.25) is 0 Å². The molecular weight excluding hydrogens is 178 g/mol. The van der Waals surface area contributed by atoms with Crippen molar-refractivity contribution >= 4 is 6.21 Å². The molecule has 0 saturated carbocycles. The van der Waals surface area contributed by atoms with Crippen molar-refractivity contribution in [1.29, 1.82) is 0 Å². The summed E-state index contributed by atoms with van der Waals surface area (Å²) in [5.41, 5.74) is 0.638. The Hall–Kier alpha value is -1.51. The van der Waals surface area contributed by atoms with Gasteiger partial charge < -0.3 is 10.2 Å². The lowest BCUT2D eigenvalue weighted by atomic mass is 10.2. The number of nitrogens with zero attached hydrogens (tertiary/aromatic N) is 1. The molecule has 0 saturated heterocycles. The average molecular weight is 193 g/mol. The summed E-state index contributed by atoms with van der Waals surface area (Å²) < 4.78 is 0. The van der Waals surface area contributed by atoms with Gasteiger partial charge in [-0.15, -0.1) is 0 Å². The highest BCUT2D eigenvalue weighted by Crippen LogP contribution is 2.20. The largest absolute Gasteiger partial charge is 0.508 e. The molecule has 0 heterocycles. The van der Waals surface area contributed by atoms with E-state index in [0.29, 0.717) is 5.56 Å². The highest BCUT2D eigenvalue weighted by molar-refractivity contribution is 5.83. The Bertz CT molecular complexity index is 321. The summed E-state index contributed by atoms with van der Waals surface area (Å²) in [6.07, 6.45) is 3.79. The molecule has 0 atom stereocenters. The lowest BCUT2D eigenvalue weighted by molar-refractivity contribution is 0.450. The fourth-order valence-electron chi connectivity index (χ4n) is 1.05. The molecular formula is C11H15NO2. The van der Waals surface area contributed by atoms with E-state index in [4.69, 9.17) is 5.11 Å². The molecule has 0 aliphatic rings. The van der Waals surface area contributed by atoms with E-state index >= 15 is 0 Å². The highest BCUT2D eigenvalue weighted by atomic mass is 16.3. The van der Waals surface area contributed by atoms with Gasteiger partial charge in [0.2, 0.25) is 0 Å². The fraction of sp³-hybridized carbons (Fsp3) is 0.364. The predicted molar refractivity (Wildman–Crippen MR) is 57.1 cm³/mol. The quantitative estimate of drug-likeness (QED) is 0.569. The molecule has 0 fully saturated rings. The van der Waals surface area contributed by atoms with Crippen LogP contribution in [0.15, 0.2) is 23.2 Å². The number of hydrogen-bond donors (Lipinski definition) is 2. The minimum atomic E-state index is 0.0604. The van der Waals surface area contributed by atoms with Gasteiger partial charge in [0.15, 0.2) is 0 Å². The third-order valence-electron chi connectivity index (χ3n) is 1.89. The van der Waals surface area contributed by atoms with Crippen molar-refractivity contribution in [2.45, 2.75) is 19.8 Å². The van der Waals surface area contributed by atoms with Gasteiger partial charge in [-0.3, -0.25) is 4.99 Å². The van der Waals surface area contributed by atoms with Gasteiger partial charge in [0.25, 0.3) is 0 Å². The molecule has 1 aromatic rings. The molecule has 0 unspecified atom stereocenters. The van der Waals surface area contributed by atoms with E-state index in [0.717, 1.165) is 19.4 Å². The maximum absolute atomic E-state index is 9.40. The molecule has 0 aliphatic carbocycles. The van der Waals surface area contributed by atoms with Crippen molar-refractivity contribution in [3.8, 4) is 11.5 Å². The Balaban J connectivity index is 2.62. The van der Waals surface area contributed by atoms with Crippen LogP contribution in [0.3, 0.4) is 0 Å². The molecule has 3 nitrogen and oxygen atoms in total. The van der Waals surface area contributed by atoms with E-state index in [1.54, 1.807) is 12.3 Å². The molecule has 3 heteroatoms. The van der Waals surface area contributed by atoms with E-state index in [1.165, 1.54) is 12.1 Å². The second-order valence-corrected chi connectivity index (χ2v) is 3.13. The third-order valence-corrected chi connectivity index (χ3v) is 1.89. The Labute approximate surface area is 83.7 Å². The van der Waals surface area contributed by atoms with Crippen LogP contribution >= 0.6 is 0 Å². The van der Waals surface area contributed by atoms with E-state index in [1.807, 2.05) is 0 Å². The molecule has 14 heavy (non-hydrogen) atoms. The van der Waals surface area contributed by atoms with Gasteiger partial charge in [0.1, 0.15) is 11.5 Å². The van der Waals surface area contributed by atoms with Gasteiger partial charge in [-0.2, -0.15) is 0 Å². The molecule has 76 valence electrons. The zero-order valence-electron chi connectivity index (χ0n) is 8.27. The van der Waals surface area contributed by atoms with Crippen LogP contribution in [-0.4, -0.2) is 23.0 Å². The zero-order chi connectivity index (χ0) is 10.4. The maximum atomic E-state index is 9.40. The van der Waals surface area contributed by atoms with E-state index in [9.17, 15) is 5.11 Å². The summed E-state index contributed by atoms with van der Waals surface area (Å²) in [6.45, 7) is 2.88. The number of hydrogen-bond acceptors (Lipinski definition) is 3. The number of phenols is 2. The van der Waals surface area contributed by atoms with Gasteiger partial charge in [-0.1, -0.05) is 13.3 Å². The minimum Gasteiger partial charge on any atom is -0.508 e. The Morgan fingerprint density at radius 2 is 2.14 bits per heavy atom. The number of aliphatic imine (C=N–C) groups is 1. The van der Waals surface area contributed by atoms with Gasteiger partial charge in [0.05, 0.1) is 0 Å². The van der Waals surface area contributed by atoms with Gasteiger partial charge in [0, 0.05) is 24.4 Å². The van der Waals surface area contributed by atoms with Crippen molar-refractivity contribution < 1.29 is 10.2 Å². The van der Waals surface area contributed by atoms with Crippen LogP contribution in [0.4, 0.5) is 0 Å². The lowest BCUT2D eigenvalue weighted by Crippen LogP contribution is -1.85. The number of phenolic OH excluding ortho intramolecular Hbond substituents is 2. The zero-order valence-corrected chi connectivity index (χ0v) is 8.27. The van der Waals surface area contributed by atoms with Crippen molar-refractivity contribution in [3.05, 3.63) is 23.8 Å². The van der Waals surface area contributed by atoms with Crippen molar-refractivity contribution in [2.75, 3.05) is 6.54 Å². The van der Waals surface area contributed by atoms with Crippen LogP contribution in [0.25, 0.3) is 0 Å². The summed E-state index contributed by atoms with van der Waals surface area (Å²) in [7, 11) is 0. The molecule has 2 N–H and O–H groups in total. The van der Waals surface area contributed by atoms with Crippen LogP contribution < -0.4 is 0 Å². The molecule has 0 aromatic heterocycles. The average Bonchev–Trinajstić information content (AvgIpc) is 2.15. The van der Waals surface area contributed by atoms with E-state index in [2.05, 4.69) is 11.9 Å². The topological polar surface area (TPSA) is 52.8 Å². The van der Waals surface area contributed by atoms with Crippen molar-refractivity contribution in [1.82, 2.24) is 0 Å². The summed E-state index contributed by atoms with van der Waals surface area (Å²) in [5, 5.41) is 18.4. The first-order valence-electron chi connectivity index (χ1n) is 4.76. The number of benzene rings is 1.